The first-order valence-corrected chi connectivity index (χ1v) is 3.01. The summed E-state index contributed by atoms with van der Waals surface area (Å²) < 4.78 is 18.8. The maximum absolute atomic E-state index is 9.41. The van der Waals surface area contributed by atoms with Crippen LogP contribution in [-0.4, -0.2) is 14.2 Å². The van der Waals surface area contributed by atoms with Crippen molar-refractivity contribution in [2.45, 2.75) is 6.92 Å². The number of hydrogen-bond acceptors (Lipinski definition) is 3. The van der Waals surface area contributed by atoms with Gasteiger partial charge in [0.1, 0.15) is 10.7 Å². The van der Waals surface area contributed by atoms with Gasteiger partial charge in [-0.3, -0.25) is 0 Å². The van der Waals surface area contributed by atoms with Crippen LogP contribution in [-0.2, 0) is 10.7 Å². The Morgan fingerprint density at radius 2 is 1.71 bits per heavy atom. The van der Waals surface area contributed by atoms with Gasteiger partial charge in [0.15, 0.2) is 0 Å². The summed E-state index contributed by atoms with van der Waals surface area (Å²) in [6, 6.07) is 0. The van der Waals surface area contributed by atoms with E-state index in [0.717, 1.165) is 0 Å². The molecule has 42 valence electrons. The lowest BCUT2D eigenvalue weighted by atomic mass is 11.0. The predicted octanol–water partition coefficient (Wildman–Crippen LogP) is -0.243. The molecular weight excluding hydrogens is 114 g/mol. The number of nitriles is 1. The highest BCUT2D eigenvalue weighted by Crippen LogP contribution is 1.53. The van der Waals surface area contributed by atoms with Crippen LogP contribution in [0.15, 0.2) is 0 Å². The molecule has 0 aliphatic carbocycles. The van der Waals surface area contributed by atoms with E-state index >= 15 is 0 Å². The minimum absolute atomic E-state index is 0.259. The molecule has 0 rings (SSSR count). The molecule has 0 aromatic heterocycles. The summed E-state index contributed by atoms with van der Waals surface area (Å²) in [7, 11) is -2.10. The van der Waals surface area contributed by atoms with Crippen molar-refractivity contribution in [1.82, 2.24) is 0 Å². The minimum Gasteiger partial charge on any atom is -0.232 e. The molecule has 0 radical (unpaired) electrons. The van der Waals surface area contributed by atoms with Gasteiger partial charge in [-0.15, -0.1) is 0 Å². The molecule has 0 saturated heterocycles. The second-order valence-electron chi connectivity index (χ2n) is 0.649. The van der Waals surface area contributed by atoms with E-state index in [9.17, 15) is 8.42 Å². The average Bonchev–Trinajstić information content (AvgIpc) is 1.73. The van der Waals surface area contributed by atoms with Gasteiger partial charge < -0.3 is 0 Å². The monoisotopic (exact) mass is 121 g/mol. The van der Waals surface area contributed by atoms with Crippen LogP contribution >= 0.6 is 0 Å². The Labute approximate surface area is 44.5 Å². The zero-order valence-electron chi connectivity index (χ0n) is 4.00. The smallest absolute Gasteiger partial charge is 0.139 e. The highest BCUT2D eigenvalue weighted by Gasteiger charge is 1.65. The Morgan fingerprint density at radius 3 is 1.71 bits per heavy atom. The van der Waals surface area contributed by atoms with E-state index in [1.165, 1.54) is 0 Å². The lowest BCUT2D eigenvalue weighted by molar-refractivity contribution is 0.615. The third-order valence-electron chi connectivity index (χ3n) is 0.258. The van der Waals surface area contributed by atoms with Crippen molar-refractivity contribution in [1.29, 1.82) is 5.26 Å². The molecular formula is C3H7NO2S. The van der Waals surface area contributed by atoms with Crippen LogP contribution in [0, 0.1) is 11.8 Å². The number of rotatable bonds is 1. The predicted molar refractivity (Wildman–Crippen MR) is 27.5 cm³/mol. The van der Waals surface area contributed by atoms with Gasteiger partial charge in [0.25, 0.3) is 0 Å². The summed E-state index contributed by atoms with van der Waals surface area (Å²) in [5.41, 5.74) is 0. The average molecular weight is 121 g/mol. The van der Waals surface area contributed by atoms with Crippen LogP contribution in [0.3, 0.4) is 0 Å². The van der Waals surface area contributed by atoms with Crippen molar-refractivity contribution in [3.05, 3.63) is 0 Å². The van der Waals surface area contributed by atoms with E-state index < -0.39 is 10.7 Å². The van der Waals surface area contributed by atoms with Gasteiger partial charge in [-0.05, 0) is 0 Å². The molecule has 0 aliphatic heterocycles. The molecule has 3 nitrogen and oxygen atoms in total. The first-order valence-electron chi connectivity index (χ1n) is 1.65. The summed E-state index contributed by atoms with van der Waals surface area (Å²) in [5.74, 6) is 0.259. The highest BCUT2D eigenvalue weighted by molar-refractivity contribution is 7.72. The summed E-state index contributed by atoms with van der Waals surface area (Å²) in [6.07, 6.45) is 0. The molecule has 0 fully saturated rings. The zero-order valence-corrected chi connectivity index (χ0v) is 4.89. The fourth-order valence-electron chi connectivity index (χ4n) is 0. The van der Waals surface area contributed by atoms with Crippen molar-refractivity contribution in [3.63, 3.8) is 0 Å². The molecule has 0 atom stereocenters. The van der Waals surface area contributed by atoms with Crippen molar-refractivity contribution in [3.8, 4) is 6.57 Å². The van der Waals surface area contributed by atoms with E-state index in [-0.39, 0.29) is 5.75 Å². The van der Waals surface area contributed by atoms with Crippen molar-refractivity contribution < 1.29 is 8.42 Å². The summed E-state index contributed by atoms with van der Waals surface area (Å²) in [5, 5.41) is 6.50. The minimum atomic E-state index is -2.10. The van der Waals surface area contributed by atoms with E-state index in [0.29, 0.717) is 0 Å². The van der Waals surface area contributed by atoms with Crippen molar-refractivity contribution in [2.24, 2.45) is 0 Å². The van der Waals surface area contributed by atoms with E-state index in [1.807, 2.05) is 0 Å². The summed E-state index contributed by atoms with van der Waals surface area (Å²) in [6.45, 7) is 5.10. The highest BCUT2D eigenvalue weighted by atomic mass is 32.2. The molecule has 0 N–H and O–H groups in total. The maximum atomic E-state index is 9.41. The van der Waals surface area contributed by atoms with Gasteiger partial charge >= 0.3 is 0 Å². The van der Waals surface area contributed by atoms with Crippen LogP contribution in [0.5, 0.6) is 0 Å². The van der Waals surface area contributed by atoms with E-state index in [1.54, 1.807) is 6.92 Å². The Morgan fingerprint density at radius 1 is 1.57 bits per heavy atom. The van der Waals surface area contributed by atoms with Gasteiger partial charge in [-0.1, -0.05) is 6.92 Å². The third-order valence-corrected chi connectivity index (χ3v) is 0.775. The largest absolute Gasteiger partial charge is 0.232 e. The Hall–Kier alpha value is -0.560. The first-order chi connectivity index (χ1) is 3.27. The van der Waals surface area contributed by atoms with E-state index in [2.05, 4.69) is 6.57 Å². The second kappa shape index (κ2) is 9.06. The summed E-state index contributed by atoms with van der Waals surface area (Å²) in [4.78, 5) is 0. The van der Waals surface area contributed by atoms with E-state index in [4.69, 9.17) is 5.26 Å². The van der Waals surface area contributed by atoms with Crippen LogP contribution < -0.4 is 0 Å². The molecule has 0 aliphatic rings. The lowest BCUT2D eigenvalue weighted by Gasteiger charge is -1.60. The second-order valence-corrected chi connectivity index (χ2v) is 1.95. The Balaban J connectivity index is 0. The molecule has 0 spiro atoms. The van der Waals surface area contributed by atoms with Gasteiger partial charge in [-0.2, -0.15) is 0 Å². The SMILES string of the molecule is C#N.CC[SH](=O)=O. The third kappa shape index (κ3) is 31.0. The normalized spacial score (nSPS) is 6.86. The topological polar surface area (TPSA) is 57.9 Å². The van der Waals surface area contributed by atoms with Crippen LogP contribution in [0.25, 0.3) is 0 Å². The van der Waals surface area contributed by atoms with Crippen LogP contribution in [0.1, 0.15) is 6.92 Å². The molecule has 0 heterocycles. The molecule has 4 heteroatoms. The van der Waals surface area contributed by atoms with Crippen LogP contribution in [0.4, 0.5) is 0 Å². The van der Waals surface area contributed by atoms with Crippen molar-refractivity contribution >= 4 is 10.7 Å². The molecule has 7 heavy (non-hydrogen) atoms. The number of nitrogens with zero attached hydrogens (tertiary/aromatic N) is 1. The summed E-state index contributed by atoms with van der Waals surface area (Å²) >= 11 is 0. The van der Waals surface area contributed by atoms with Gasteiger partial charge in [0, 0.05) is 12.3 Å². The van der Waals surface area contributed by atoms with Crippen molar-refractivity contribution in [2.75, 3.05) is 5.75 Å². The molecule has 0 unspecified atom stereocenters. The number of thiol groups is 1. The molecule has 0 amide bonds. The van der Waals surface area contributed by atoms with Gasteiger partial charge in [0.2, 0.25) is 0 Å². The maximum Gasteiger partial charge on any atom is 0.139 e. The molecule has 0 bridgehead atoms. The van der Waals surface area contributed by atoms with Crippen LogP contribution in [0.2, 0.25) is 0 Å². The molecule has 0 aromatic rings. The Kier molecular flexibility index (Phi) is 12.5. The molecule has 0 aromatic carbocycles. The molecule has 0 saturated carbocycles. The van der Waals surface area contributed by atoms with Gasteiger partial charge in [-0.25, -0.2) is 13.7 Å². The zero-order chi connectivity index (χ0) is 6.28. The first kappa shape index (κ1) is 9.67. The Bertz CT molecular complexity index is 96.7. The number of hydrogen-bond donors (Lipinski definition) is 1. The standard InChI is InChI=1S/C2H6O2S.CHN/c1-2-5(3)4;1-2/h5H,2H2,1H3;1H. The lowest BCUT2D eigenvalue weighted by Crippen LogP contribution is -1.73. The van der Waals surface area contributed by atoms with Gasteiger partial charge in [0.05, 0.1) is 0 Å². The fraction of sp³-hybridized carbons (Fsp3) is 0.667. The fourth-order valence-corrected chi connectivity index (χ4v) is 0. The quantitative estimate of drug-likeness (QED) is 0.487.